The number of halogens is 2. The van der Waals surface area contributed by atoms with Crippen molar-refractivity contribution < 1.29 is 23.5 Å². The predicted octanol–water partition coefficient (Wildman–Crippen LogP) is 2.25. The van der Waals surface area contributed by atoms with Gasteiger partial charge in [-0.3, -0.25) is 4.79 Å². The Bertz CT molecular complexity index is 601. The lowest BCUT2D eigenvalue weighted by Crippen LogP contribution is -2.35. The van der Waals surface area contributed by atoms with Gasteiger partial charge >= 0.3 is 5.97 Å². The molecule has 2 saturated carbocycles. The van der Waals surface area contributed by atoms with Crippen molar-refractivity contribution >= 4 is 11.9 Å². The molecule has 2 aliphatic rings. The molecule has 4 nitrogen and oxygen atoms in total. The van der Waals surface area contributed by atoms with Crippen LogP contribution in [-0.4, -0.2) is 17.0 Å². The number of carbonyl (C=O) groups excluding carboxylic acids is 1. The molecule has 0 saturated heterocycles. The molecule has 0 bridgehead atoms. The van der Waals surface area contributed by atoms with Crippen LogP contribution in [0.2, 0.25) is 0 Å². The molecule has 2 fully saturated rings. The van der Waals surface area contributed by atoms with Gasteiger partial charge in [0.15, 0.2) is 17.7 Å². The maximum absolute atomic E-state index is 13.2. The third kappa shape index (κ3) is 2.89. The number of carboxylic acid groups (broad SMARTS) is 1. The molecule has 0 aromatic heterocycles. The van der Waals surface area contributed by atoms with Crippen molar-refractivity contribution in [2.45, 2.75) is 25.3 Å². The van der Waals surface area contributed by atoms with E-state index in [2.05, 4.69) is 5.32 Å². The number of carboxylic acids is 1. The molecule has 0 radical (unpaired) electrons. The van der Waals surface area contributed by atoms with E-state index in [4.69, 9.17) is 0 Å². The fourth-order valence-corrected chi connectivity index (χ4v) is 2.79. The second kappa shape index (κ2) is 5.09. The van der Waals surface area contributed by atoms with Crippen LogP contribution in [0.3, 0.4) is 0 Å². The number of hydrogen-bond donors (Lipinski definition) is 2. The van der Waals surface area contributed by atoms with Crippen LogP contribution in [-0.2, 0) is 9.59 Å². The van der Waals surface area contributed by atoms with Gasteiger partial charge in [0.25, 0.3) is 0 Å². The van der Waals surface area contributed by atoms with Crippen LogP contribution in [0.4, 0.5) is 8.78 Å². The van der Waals surface area contributed by atoms with Crippen molar-refractivity contribution in [2.75, 3.05) is 0 Å². The van der Waals surface area contributed by atoms with Crippen molar-refractivity contribution in [1.29, 1.82) is 0 Å². The Hall–Kier alpha value is -1.98. The van der Waals surface area contributed by atoms with Crippen molar-refractivity contribution in [3.63, 3.8) is 0 Å². The van der Waals surface area contributed by atoms with Gasteiger partial charge in [0.1, 0.15) is 0 Å². The summed E-state index contributed by atoms with van der Waals surface area (Å²) in [6.45, 7) is 0. The zero-order valence-electron chi connectivity index (χ0n) is 11.2. The van der Waals surface area contributed by atoms with Crippen molar-refractivity contribution in [1.82, 2.24) is 5.32 Å². The van der Waals surface area contributed by atoms with E-state index < -0.39 is 23.6 Å². The van der Waals surface area contributed by atoms with E-state index >= 15 is 0 Å². The molecule has 3 atom stereocenters. The molecule has 112 valence electrons. The van der Waals surface area contributed by atoms with Crippen LogP contribution < -0.4 is 5.32 Å². The Labute approximate surface area is 120 Å². The Kier molecular flexibility index (Phi) is 3.39. The van der Waals surface area contributed by atoms with Gasteiger partial charge in [-0.15, -0.1) is 0 Å². The van der Waals surface area contributed by atoms with Gasteiger partial charge in [0.2, 0.25) is 5.91 Å². The highest BCUT2D eigenvalue weighted by Gasteiger charge is 2.51. The van der Waals surface area contributed by atoms with Crippen LogP contribution in [0.25, 0.3) is 0 Å². The number of amides is 1. The lowest BCUT2D eigenvalue weighted by molar-refractivity contribution is -0.142. The van der Waals surface area contributed by atoms with Crippen LogP contribution in [0.15, 0.2) is 18.2 Å². The largest absolute Gasteiger partial charge is 0.479 e. The summed E-state index contributed by atoms with van der Waals surface area (Å²) in [6, 6.07) is 1.48. The Balaban J connectivity index is 1.70. The molecule has 2 aliphatic carbocycles. The monoisotopic (exact) mass is 295 g/mol. The fourth-order valence-electron chi connectivity index (χ4n) is 2.79. The Morgan fingerprint density at radius 3 is 2.52 bits per heavy atom. The predicted molar refractivity (Wildman–Crippen MR) is 69.2 cm³/mol. The molecule has 0 unspecified atom stereocenters. The first-order valence-electron chi connectivity index (χ1n) is 6.95. The number of hydrogen-bond acceptors (Lipinski definition) is 2. The van der Waals surface area contributed by atoms with Gasteiger partial charge in [-0.05, 0) is 48.8 Å². The molecule has 6 heteroatoms. The van der Waals surface area contributed by atoms with Crippen molar-refractivity contribution in [3.8, 4) is 0 Å². The first kappa shape index (κ1) is 14.0. The molecule has 1 amide bonds. The highest BCUT2D eigenvalue weighted by molar-refractivity contribution is 5.87. The number of rotatable bonds is 5. The van der Waals surface area contributed by atoms with E-state index in [-0.39, 0.29) is 17.4 Å². The molecule has 0 heterocycles. The lowest BCUT2D eigenvalue weighted by atomic mass is 10.1. The lowest BCUT2D eigenvalue weighted by Gasteiger charge is -2.15. The van der Waals surface area contributed by atoms with Crippen LogP contribution >= 0.6 is 0 Å². The molecule has 21 heavy (non-hydrogen) atoms. The molecular weight excluding hydrogens is 280 g/mol. The van der Waals surface area contributed by atoms with Crippen LogP contribution in [0.5, 0.6) is 0 Å². The SMILES string of the molecule is O=C(N[C@@H](C(=O)O)c1ccc(F)c(F)c1)[C@H]1C[C@H]1C1CC1. The second-order valence-corrected chi connectivity index (χ2v) is 5.80. The van der Waals surface area contributed by atoms with E-state index in [0.29, 0.717) is 11.8 Å². The minimum absolute atomic E-state index is 0.0263. The molecule has 1 aromatic rings. The van der Waals surface area contributed by atoms with Crippen LogP contribution in [0.1, 0.15) is 30.9 Å². The van der Waals surface area contributed by atoms with E-state index in [0.717, 1.165) is 31.4 Å². The highest BCUT2D eigenvalue weighted by atomic mass is 19.2. The first-order valence-corrected chi connectivity index (χ1v) is 6.95. The zero-order chi connectivity index (χ0) is 15.1. The van der Waals surface area contributed by atoms with E-state index in [1.807, 2.05) is 0 Å². The third-order valence-electron chi connectivity index (χ3n) is 4.21. The molecule has 3 rings (SSSR count). The molecule has 0 aliphatic heterocycles. The summed E-state index contributed by atoms with van der Waals surface area (Å²) in [5.41, 5.74) is 0.0263. The van der Waals surface area contributed by atoms with Crippen molar-refractivity contribution in [2.24, 2.45) is 17.8 Å². The average molecular weight is 295 g/mol. The van der Waals surface area contributed by atoms with E-state index in [1.165, 1.54) is 6.07 Å². The maximum Gasteiger partial charge on any atom is 0.330 e. The van der Waals surface area contributed by atoms with E-state index in [1.54, 1.807) is 0 Å². The Morgan fingerprint density at radius 2 is 1.95 bits per heavy atom. The molecule has 0 spiro atoms. The summed E-state index contributed by atoms with van der Waals surface area (Å²) in [7, 11) is 0. The van der Waals surface area contributed by atoms with Crippen molar-refractivity contribution in [3.05, 3.63) is 35.4 Å². The minimum atomic E-state index is -1.35. The summed E-state index contributed by atoms with van der Waals surface area (Å²) in [4.78, 5) is 23.3. The standard InChI is InChI=1S/C15H15F2NO3/c16-11-4-3-8(5-12(11)17)13(15(20)21)18-14(19)10-6-9(10)7-1-2-7/h3-5,7,9-10,13H,1-2,6H2,(H,18,19)(H,20,21)/t9-,10-,13+/m0/s1. The summed E-state index contributed by atoms with van der Waals surface area (Å²) in [5.74, 6) is -2.95. The summed E-state index contributed by atoms with van der Waals surface area (Å²) in [6.07, 6.45) is 3.07. The molecule has 2 N–H and O–H groups in total. The quantitative estimate of drug-likeness (QED) is 0.875. The maximum atomic E-state index is 13.2. The summed E-state index contributed by atoms with van der Waals surface area (Å²) in [5, 5.41) is 11.6. The average Bonchev–Trinajstić information content (AvgIpc) is 3.27. The van der Waals surface area contributed by atoms with Gasteiger partial charge in [-0.2, -0.15) is 0 Å². The molecular formula is C15H15F2NO3. The number of benzene rings is 1. The van der Waals surface area contributed by atoms with Gasteiger partial charge in [0, 0.05) is 5.92 Å². The smallest absolute Gasteiger partial charge is 0.330 e. The van der Waals surface area contributed by atoms with Gasteiger partial charge in [-0.25, -0.2) is 13.6 Å². The molecule has 1 aromatic carbocycles. The second-order valence-electron chi connectivity index (χ2n) is 5.80. The third-order valence-corrected chi connectivity index (χ3v) is 4.21. The fraction of sp³-hybridized carbons (Fsp3) is 0.467. The van der Waals surface area contributed by atoms with E-state index in [9.17, 15) is 23.5 Å². The first-order chi connectivity index (χ1) is 9.97. The number of nitrogens with one attached hydrogen (secondary N) is 1. The highest BCUT2D eigenvalue weighted by Crippen LogP contribution is 2.54. The normalized spacial score (nSPS) is 25.2. The topological polar surface area (TPSA) is 66.4 Å². The van der Waals surface area contributed by atoms with Gasteiger partial charge in [0.05, 0.1) is 0 Å². The number of carbonyl (C=O) groups is 2. The van der Waals surface area contributed by atoms with Gasteiger partial charge in [-0.1, -0.05) is 6.07 Å². The van der Waals surface area contributed by atoms with Gasteiger partial charge < -0.3 is 10.4 Å². The number of aliphatic carboxylic acids is 1. The Morgan fingerprint density at radius 1 is 1.24 bits per heavy atom. The minimum Gasteiger partial charge on any atom is -0.479 e. The van der Waals surface area contributed by atoms with Crippen LogP contribution in [0, 0.1) is 29.4 Å². The summed E-state index contributed by atoms with van der Waals surface area (Å²) >= 11 is 0. The zero-order valence-corrected chi connectivity index (χ0v) is 11.2. The summed E-state index contributed by atoms with van der Waals surface area (Å²) < 4.78 is 26.1.